The summed E-state index contributed by atoms with van der Waals surface area (Å²) in [5.41, 5.74) is 2.75. The second-order valence-corrected chi connectivity index (χ2v) is 7.20. The average Bonchev–Trinajstić information content (AvgIpc) is 3.13. The Morgan fingerprint density at radius 1 is 1.04 bits per heavy atom. The molecule has 0 aliphatic heterocycles. The first-order chi connectivity index (χ1) is 13.6. The zero-order valence-corrected chi connectivity index (χ0v) is 15.4. The number of non-ortho nitro benzene ring substituents is 1. The van der Waals surface area contributed by atoms with Crippen molar-refractivity contribution in [1.82, 2.24) is 4.98 Å². The lowest BCUT2D eigenvalue weighted by molar-refractivity contribution is -0.384. The van der Waals surface area contributed by atoms with Crippen LogP contribution < -0.4 is 10.6 Å². The molecule has 3 aromatic rings. The lowest BCUT2D eigenvalue weighted by Gasteiger charge is -2.23. The summed E-state index contributed by atoms with van der Waals surface area (Å²) in [6.45, 7) is 0. The van der Waals surface area contributed by atoms with Crippen molar-refractivity contribution in [3.8, 4) is 0 Å². The van der Waals surface area contributed by atoms with Crippen molar-refractivity contribution in [2.24, 2.45) is 0 Å². The van der Waals surface area contributed by atoms with E-state index in [2.05, 4.69) is 15.6 Å². The molecule has 7 nitrogen and oxygen atoms in total. The molecule has 1 aliphatic rings. The average molecular weight is 378 g/mol. The summed E-state index contributed by atoms with van der Waals surface area (Å²) in [4.78, 5) is 26.2. The number of rotatable bonds is 5. The largest absolute Gasteiger partial charge is 0.382 e. The van der Waals surface area contributed by atoms with Gasteiger partial charge in [0.1, 0.15) is 0 Å². The monoisotopic (exact) mass is 378 g/mol. The fourth-order valence-electron chi connectivity index (χ4n) is 3.74. The first-order valence-electron chi connectivity index (χ1n) is 9.53. The van der Waals surface area contributed by atoms with Crippen molar-refractivity contribution < 1.29 is 9.72 Å². The van der Waals surface area contributed by atoms with Gasteiger partial charge in [-0.25, -0.2) is 0 Å². The molecule has 1 amide bonds. The van der Waals surface area contributed by atoms with E-state index in [4.69, 9.17) is 0 Å². The zero-order valence-electron chi connectivity index (χ0n) is 15.4. The highest BCUT2D eigenvalue weighted by Crippen LogP contribution is 2.25. The molecule has 0 unspecified atom stereocenters. The highest BCUT2D eigenvalue weighted by molar-refractivity contribution is 6.13. The molecule has 144 valence electrons. The lowest BCUT2D eigenvalue weighted by Crippen LogP contribution is -2.22. The molecule has 1 heterocycles. The fourth-order valence-corrected chi connectivity index (χ4v) is 3.74. The molecule has 0 spiro atoms. The summed E-state index contributed by atoms with van der Waals surface area (Å²) in [7, 11) is 0. The van der Waals surface area contributed by atoms with Crippen molar-refractivity contribution in [2.75, 3.05) is 10.6 Å². The third-order valence-electron chi connectivity index (χ3n) is 5.24. The summed E-state index contributed by atoms with van der Waals surface area (Å²) in [6.07, 6.45) is 7.84. The van der Waals surface area contributed by atoms with Crippen molar-refractivity contribution in [3.05, 3.63) is 64.3 Å². The molecule has 1 aliphatic carbocycles. The number of nitro groups is 1. The minimum Gasteiger partial charge on any atom is -0.382 e. The quantitative estimate of drug-likeness (QED) is 0.426. The number of hydrogen-bond acceptors (Lipinski definition) is 4. The molecule has 1 saturated carbocycles. The van der Waals surface area contributed by atoms with Gasteiger partial charge in [-0.15, -0.1) is 0 Å². The number of aromatic amines is 1. The van der Waals surface area contributed by atoms with Crippen LogP contribution in [0.15, 0.2) is 48.7 Å². The summed E-state index contributed by atoms with van der Waals surface area (Å²) in [6, 6.07) is 12.6. The van der Waals surface area contributed by atoms with Gasteiger partial charge in [-0.05, 0) is 43.2 Å². The molecule has 4 rings (SSSR count). The number of amides is 1. The fraction of sp³-hybridized carbons (Fsp3) is 0.286. The minimum absolute atomic E-state index is 0.0423. The maximum absolute atomic E-state index is 12.7. The molecule has 0 atom stereocenters. The summed E-state index contributed by atoms with van der Waals surface area (Å²) in [5, 5.41) is 17.9. The molecule has 1 fully saturated rings. The molecule has 0 saturated heterocycles. The first-order valence-corrected chi connectivity index (χ1v) is 9.53. The molecule has 28 heavy (non-hydrogen) atoms. The Bertz CT molecular complexity index is 1000. The van der Waals surface area contributed by atoms with E-state index in [9.17, 15) is 14.9 Å². The van der Waals surface area contributed by atoms with E-state index in [0.29, 0.717) is 28.2 Å². The van der Waals surface area contributed by atoms with Crippen LogP contribution in [-0.2, 0) is 0 Å². The van der Waals surface area contributed by atoms with E-state index in [-0.39, 0.29) is 11.6 Å². The third-order valence-corrected chi connectivity index (χ3v) is 5.24. The Morgan fingerprint density at radius 3 is 2.46 bits per heavy atom. The standard InChI is InChI=1S/C21H22N4O3/c26-21(19-13-22-20-11-10-17(25(27)28)12-18(19)20)24-16-8-6-15(7-9-16)23-14-4-2-1-3-5-14/h6-14,22-23H,1-5H2,(H,24,26). The van der Waals surface area contributed by atoms with E-state index in [1.165, 1.54) is 44.2 Å². The Kier molecular flexibility index (Phi) is 4.97. The Labute approximate surface area is 162 Å². The number of aromatic nitrogens is 1. The lowest BCUT2D eigenvalue weighted by atomic mass is 9.95. The highest BCUT2D eigenvalue weighted by atomic mass is 16.6. The number of carbonyl (C=O) groups excluding carboxylic acids is 1. The van der Waals surface area contributed by atoms with Gasteiger partial charge in [0, 0.05) is 46.6 Å². The van der Waals surface area contributed by atoms with Gasteiger partial charge in [0.2, 0.25) is 0 Å². The highest BCUT2D eigenvalue weighted by Gasteiger charge is 2.16. The van der Waals surface area contributed by atoms with Gasteiger partial charge in [0.05, 0.1) is 10.5 Å². The molecule has 2 aromatic carbocycles. The smallest absolute Gasteiger partial charge is 0.270 e. The first kappa shape index (κ1) is 18.0. The van der Waals surface area contributed by atoms with Crippen molar-refractivity contribution in [1.29, 1.82) is 0 Å². The van der Waals surface area contributed by atoms with Crippen LogP contribution in [0.5, 0.6) is 0 Å². The molecule has 1 aromatic heterocycles. The number of fused-ring (bicyclic) bond motifs is 1. The molecule has 0 radical (unpaired) electrons. The van der Waals surface area contributed by atoms with E-state index in [1.807, 2.05) is 24.3 Å². The predicted octanol–water partition coefficient (Wildman–Crippen LogP) is 5.07. The number of nitrogens with one attached hydrogen (secondary N) is 3. The van der Waals surface area contributed by atoms with Gasteiger partial charge in [-0.1, -0.05) is 19.3 Å². The van der Waals surface area contributed by atoms with Crippen molar-refractivity contribution >= 4 is 33.9 Å². The van der Waals surface area contributed by atoms with Crippen molar-refractivity contribution in [2.45, 2.75) is 38.1 Å². The molecule has 7 heteroatoms. The summed E-state index contributed by atoms with van der Waals surface area (Å²) >= 11 is 0. The maximum atomic E-state index is 12.7. The van der Waals surface area contributed by atoms with Gasteiger partial charge in [0.25, 0.3) is 11.6 Å². The Hall–Kier alpha value is -3.35. The van der Waals surface area contributed by atoms with Crippen LogP contribution in [0, 0.1) is 10.1 Å². The van der Waals surface area contributed by atoms with Gasteiger partial charge in [0.15, 0.2) is 0 Å². The molecular weight excluding hydrogens is 356 g/mol. The van der Waals surface area contributed by atoms with Gasteiger partial charge < -0.3 is 15.6 Å². The second kappa shape index (κ2) is 7.72. The third kappa shape index (κ3) is 3.83. The Balaban J connectivity index is 1.46. The Morgan fingerprint density at radius 2 is 1.75 bits per heavy atom. The summed E-state index contributed by atoms with van der Waals surface area (Å²) < 4.78 is 0. The van der Waals surface area contributed by atoms with Crippen LogP contribution >= 0.6 is 0 Å². The second-order valence-electron chi connectivity index (χ2n) is 7.20. The number of nitrogens with zero attached hydrogens (tertiary/aromatic N) is 1. The van der Waals surface area contributed by atoms with E-state index < -0.39 is 4.92 Å². The number of hydrogen-bond donors (Lipinski definition) is 3. The van der Waals surface area contributed by atoms with Gasteiger partial charge in [-0.3, -0.25) is 14.9 Å². The molecule has 0 bridgehead atoms. The maximum Gasteiger partial charge on any atom is 0.270 e. The SMILES string of the molecule is O=C(Nc1ccc(NC2CCCCC2)cc1)c1c[nH]c2ccc([N+](=O)[O-])cc12. The number of benzene rings is 2. The minimum atomic E-state index is -0.466. The predicted molar refractivity (Wildman–Crippen MR) is 110 cm³/mol. The van der Waals surface area contributed by atoms with E-state index in [0.717, 1.165) is 5.69 Å². The van der Waals surface area contributed by atoms with E-state index in [1.54, 1.807) is 12.3 Å². The molecule has 3 N–H and O–H groups in total. The van der Waals surface area contributed by atoms with E-state index >= 15 is 0 Å². The van der Waals surface area contributed by atoms with Crippen LogP contribution in [0.1, 0.15) is 42.5 Å². The number of nitro benzene ring substituents is 1. The van der Waals surface area contributed by atoms with Crippen LogP contribution in [0.3, 0.4) is 0 Å². The number of carbonyl (C=O) groups is 1. The number of anilines is 2. The number of H-pyrrole nitrogens is 1. The topological polar surface area (TPSA) is 100 Å². The molecular formula is C21H22N4O3. The zero-order chi connectivity index (χ0) is 19.5. The van der Waals surface area contributed by atoms with Crippen LogP contribution in [0.25, 0.3) is 10.9 Å². The van der Waals surface area contributed by atoms with Crippen LogP contribution in [-0.4, -0.2) is 21.9 Å². The van der Waals surface area contributed by atoms with Gasteiger partial charge in [-0.2, -0.15) is 0 Å². The summed E-state index contributed by atoms with van der Waals surface area (Å²) in [5.74, 6) is -0.306. The normalized spacial score (nSPS) is 14.7. The van der Waals surface area contributed by atoms with Crippen molar-refractivity contribution in [3.63, 3.8) is 0 Å². The van der Waals surface area contributed by atoms with Crippen LogP contribution in [0.2, 0.25) is 0 Å². The van der Waals surface area contributed by atoms with Gasteiger partial charge >= 0.3 is 0 Å². The van der Waals surface area contributed by atoms with Crippen LogP contribution in [0.4, 0.5) is 17.1 Å².